The molecule has 3 aromatic rings. The number of halogens is 3. The van der Waals surface area contributed by atoms with E-state index in [9.17, 15) is 0 Å². The van der Waals surface area contributed by atoms with Crippen LogP contribution in [0.5, 0.6) is 0 Å². The Bertz CT molecular complexity index is 1280. The minimum atomic E-state index is -3.54. The van der Waals surface area contributed by atoms with E-state index in [-0.39, 0.29) is 5.56 Å². The maximum atomic E-state index is 16.0. The molecule has 0 aliphatic rings. The van der Waals surface area contributed by atoms with Gasteiger partial charge in [0, 0.05) is 10.9 Å². The number of nitrogens with one attached hydrogen (secondary N) is 1. The van der Waals surface area contributed by atoms with Crippen LogP contribution in [0.4, 0.5) is 19.0 Å². The number of hydrogen-bond donors (Lipinski definition) is 1. The first-order chi connectivity index (χ1) is 17.7. The van der Waals surface area contributed by atoms with Crippen LogP contribution in [-0.2, 0) is 10.3 Å². The van der Waals surface area contributed by atoms with E-state index in [1.807, 2.05) is 26.8 Å². The zero-order valence-electron chi connectivity index (χ0n) is 23.9. The molecule has 1 N–H and O–H groups in total. The van der Waals surface area contributed by atoms with Gasteiger partial charge in [-0.05, 0) is 71.3 Å². The van der Waals surface area contributed by atoms with Crippen LogP contribution >= 0.6 is 7.92 Å². The molecule has 38 heavy (non-hydrogen) atoms. The molecule has 1 atom stereocenters. The van der Waals surface area contributed by atoms with Crippen LogP contribution in [0.2, 0.25) is 18.1 Å². The lowest BCUT2D eigenvalue weighted by Crippen LogP contribution is -2.52. The number of nitrogens with zero attached hydrogens (tertiary/aromatic N) is 3. The molecule has 2 heterocycles. The van der Waals surface area contributed by atoms with E-state index in [0.29, 0.717) is 17.2 Å². The topological polar surface area (TPSA) is 59.9 Å². The summed E-state index contributed by atoms with van der Waals surface area (Å²) in [6, 6.07) is 7.67. The number of rotatable bonds is 11. The molecule has 0 aliphatic heterocycles. The predicted molar refractivity (Wildman–Crippen MR) is 155 cm³/mol. The van der Waals surface area contributed by atoms with Gasteiger partial charge in [0.05, 0.1) is 28.8 Å². The highest BCUT2D eigenvalue weighted by Crippen LogP contribution is 2.46. The molecule has 2 aromatic heterocycles. The normalized spacial score (nSPS) is 13.8. The number of benzene rings is 1. The van der Waals surface area contributed by atoms with Crippen molar-refractivity contribution in [3.05, 3.63) is 53.2 Å². The van der Waals surface area contributed by atoms with E-state index in [1.165, 1.54) is 26.0 Å². The third-order valence-corrected chi connectivity index (χ3v) is 13.5. The predicted octanol–water partition coefficient (Wildman–Crippen LogP) is 7.90. The van der Waals surface area contributed by atoms with Gasteiger partial charge in [-0.1, -0.05) is 40.8 Å². The summed E-state index contributed by atoms with van der Waals surface area (Å²) in [6.45, 7) is 16.4. The molecule has 0 aliphatic carbocycles. The second-order valence-electron chi connectivity index (χ2n) is 10.6. The molecule has 0 bridgehead atoms. The lowest BCUT2D eigenvalue weighted by Gasteiger charge is -2.42. The molecule has 1 aromatic carbocycles. The molecule has 10 heteroatoms. The summed E-state index contributed by atoms with van der Waals surface area (Å²) in [5.41, 5.74) is -0.772. The summed E-state index contributed by atoms with van der Waals surface area (Å²) in [5, 5.41) is 4.02. The third-order valence-electron chi connectivity index (χ3n) is 7.49. The van der Waals surface area contributed by atoms with E-state index in [1.54, 1.807) is 20.0 Å². The van der Waals surface area contributed by atoms with Gasteiger partial charge in [-0.2, -0.15) is 8.78 Å². The zero-order chi connectivity index (χ0) is 28.5. The van der Waals surface area contributed by atoms with Gasteiger partial charge >= 0.3 is 5.92 Å². The summed E-state index contributed by atoms with van der Waals surface area (Å²) in [5.74, 6) is -3.42. The van der Waals surface area contributed by atoms with Crippen molar-refractivity contribution >= 4 is 38.4 Å². The molecule has 208 valence electrons. The van der Waals surface area contributed by atoms with Gasteiger partial charge < -0.3 is 9.74 Å². The van der Waals surface area contributed by atoms with Crippen molar-refractivity contribution in [2.75, 3.05) is 18.6 Å². The van der Waals surface area contributed by atoms with E-state index in [4.69, 9.17) is 4.43 Å². The van der Waals surface area contributed by atoms with Crippen LogP contribution in [0.3, 0.4) is 0 Å². The molecule has 5 nitrogen and oxygen atoms in total. The molecule has 0 fully saturated rings. The van der Waals surface area contributed by atoms with Crippen molar-refractivity contribution in [2.24, 2.45) is 0 Å². The number of hydrogen-bond acceptors (Lipinski definition) is 5. The van der Waals surface area contributed by atoms with Crippen molar-refractivity contribution in [3.8, 4) is 0 Å². The van der Waals surface area contributed by atoms with Crippen LogP contribution in [0, 0.1) is 12.7 Å². The highest BCUT2D eigenvalue weighted by Gasteiger charge is 2.54. The van der Waals surface area contributed by atoms with Gasteiger partial charge in [0.2, 0.25) is 0 Å². The monoisotopic (exact) mass is 564 g/mol. The number of aryl methyl sites for hydroxylation is 1. The van der Waals surface area contributed by atoms with Gasteiger partial charge in [-0.25, -0.2) is 14.4 Å². The fourth-order valence-electron chi connectivity index (χ4n) is 4.80. The van der Waals surface area contributed by atoms with Gasteiger partial charge in [0.25, 0.3) is 0 Å². The zero-order valence-corrected chi connectivity index (χ0v) is 25.8. The fourth-order valence-corrected chi connectivity index (χ4v) is 8.62. The second kappa shape index (κ2) is 11.6. The third kappa shape index (κ3) is 5.90. The fraction of sp³-hybridized carbons (Fsp3) is 0.536. The highest BCUT2D eigenvalue weighted by molar-refractivity contribution is 7.63. The minimum absolute atomic E-state index is 0.134. The summed E-state index contributed by atoms with van der Waals surface area (Å²) in [6.07, 6.45) is 1.72. The number of anilines is 1. The Hall–Kier alpha value is -2.09. The average Bonchev–Trinajstić information content (AvgIpc) is 2.86. The van der Waals surface area contributed by atoms with E-state index >= 15 is 13.2 Å². The summed E-state index contributed by atoms with van der Waals surface area (Å²) >= 11 is 0. The first kappa shape index (κ1) is 30.4. The minimum Gasteiger partial charge on any atom is -0.405 e. The molecule has 0 amide bonds. The Balaban J connectivity index is 2.01. The van der Waals surface area contributed by atoms with Crippen molar-refractivity contribution in [2.45, 2.75) is 84.2 Å². The smallest absolute Gasteiger partial charge is 0.302 e. The summed E-state index contributed by atoms with van der Waals surface area (Å²) < 4.78 is 54.1. The first-order valence-electron chi connectivity index (χ1n) is 13.2. The van der Waals surface area contributed by atoms with Crippen LogP contribution in [0.25, 0.3) is 10.9 Å². The Labute approximate surface area is 226 Å². The summed E-state index contributed by atoms with van der Waals surface area (Å²) in [4.78, 5) is 13.5. The van der Waals surface area contributed by atoms with E-state index in [2.05, 4.69) is 33.6 Å². The molecule has 1 unspecified atom stereocenters. The van der Waals surface area contributed by atoms with Crippen molar-refractivity contribution in [1.29, 1.82) is 0 Å². The lowest BCUT2D eigenvalue weighted by molar-refractivity contribution is -0.161. The van der Waals surface area contributed by atoms with Crippen molar-refractivity contribution in [3.63, 3.8) is 0 Å². The highest BCUT2D eigenvalue weighted by atomic mass is 31.1. The SMILES string of the molecule is CC[Si](CC)(CC)OC(C)(C)C(F)(F)c1cccc(C(C)Nc2nc(C)nc3cnc(P(C)C)cc23)c1F. The number of fused-ring (bicyclic) bond motifs is 1. The van der Waals surface area contributed by atoms with Crippen LogP contribution < -0.4 is 10.8 Å². The van der Waals surface area contributed by atoms with Crippen LogP contribution in [-0.4, -0.2) is 42.2 Å². The molecular formula is C28H40F3N4OPSi. The Morgan fingerprint density at radius 3 is 2.29 bits per heavy atom. The summed E-state index contributed by atoms with van der Waals surface area (Å²) in [7, 11) is -2.82. The first-order valence-corrected chi connectivity index (χ1v) is 17.9. The average molecular weight is 565 g/mol. The molecule has 0 saturated carbocycles. The maximum absolute atomic E-state index is 16.0. The molecule has 0 saturated heterocycles. The van der Waals surface area contributed by atoms with Gasteiger partial charge in [-0.15, -0.1) is 0 Å². The lowest BCUT2D eigenvalue weighted by atomic mass is 9.91. The second-order valence-corrected chi connectivity index (χ2v) is 17.5. The van der Waals surface area contributed by atoms with Crippen molar-refractivity contribution in [1.82, 2.24) is 15.0 Å². The Morgan fingerprint density at radius 2 is 1.71 bits per heavy atom. The molecule has 3 rings (SSSR count). The van der Waals surface area contributed by atoms with Gasteiger partial charge in [-0.3, -0.25) is 4.98 Å². The Morgan fingerprint density at radius 1 is 1.08 bits per heavy atom. The van der Waals surface area contributed by atoms with E-state index < -0.39 is 45.2 Å². The van der Waals surface area contributed by atoms with Gasteiger partial charge in [0.1, 0.15) is 23.1 Å². The molecule has 0 spiro atoms. The molecular weight excluding hydrogens is 524 g/mol. The number of aromatic nitrogens is 3. The van der Waals surface area contributed by atoms with Crippen LogP contribution in [0.15, 0.2) is 30.5 Å². The largest absolute Gasteiger partial charge is 0.405 e. The van der Waals surface area contributed by atoms with E-state index in [0.717, 1.165) is 35.0 Å². The Kier molecular flexibility index (Phi) is 9.27. The quantitative estimate of drug-likeness (QED) is 0.189. The maximum Gasteiger partial charge on any atom is 0.302 e. The number of alkyl halides is 2. The van der Waals surface area contributed by atoms with Crippen molar-refractivity contribution < 1.29 is 17.6 Å². The number of pyridine rings is 1. The standard InChI is InChI=1S/C28H40F3N4OPSi/c1-10-38(11-2,12-3)36-27(6,7)28(30,31)22-15-13-14-20(25(22)29)18(4)33-26-21-16-24(37(8)9)32-17-23(21)34-19(5)35-26/h13-18H,10-12H2,1-9H3,(H,33,34,35). The molecule has 0 radical (unpaired) electrons. The van der Waals surface area contributed by atoms with Crippen LogP contribution in [0.1, 0.15) is 64.5 Å². The van der Waals surface area contributed by atoms with Gasteiger partial charge in [0.15, 0.2) is 8.32 Å².